The first kappa shape index (κ1) is 16.2. The van der Waals surface area contributed by atoms with Gasteiger partial charge < -0.3 is 10.6 Å². The van der Waals surface area contributed by atoms with Crippen LogP contribution in [0.4, 0.5) is 23.0 Å². The third kappa shape index (κ3) is 3.70. The average Bonchev–Trinajstić information content (AvgIpc) is 2.49. The van der Waals surface area contributed by atoms with Crippen LogP contribution >= 0.6 is 15.9 Å². The Labute approximate surface area is 136 Å². The Hall–Kier alpha value is -2.22. The molecule has 2 aromatic rings. The molecule has 1 aromatic carbocycles. The predicted octanol–water partition coefficient (Wildman–Crippen LogP) is 4.10. The van der Waals surface area contributed by atoms with Crippen molar-refractivity contribution in [2.24, 2.45) is 0 Å². The first-order valence-corrected chi connectivity index (χ1v) is 7.59. The van der Waals surface area contributed by atoms with Gasteiger partial charge in [0.2, 0.25) is 11.6 Å². The second-order valence-corrected chi connectivity index (χ2v) is 5.59. The molecule has 0 aliphatic carbocycles. The second kappa shape index (κ2) is 7.17. The van der Waals surface area contributed by atoms with E-state index in [1.165, 1.54) is 6.33 Å². The van der Waals surface area contributed by atoms with Crippen molar-refractivity contribution in [3.63, 3.8) is 0 Å². The topological polar surface area (TPSA) is 93.0 Å². The average molecular weight is 366 g/mol. The van der Waals surface area contributed by atoms with E-state index in [4.69, 9.17) is 0 Å². The van der Waals surface area contributed by atoms with E-state index in [0.717, 1.165) is 10.9 Å². The molecule has 7 nitrogen and oxygen atoms in total. The number of aromatic nitrogens is 2. The zero-order valence-corrected chi connectivity index (χ0v) is 13.8. The summed E-state index contributed by atoms with van der Waals surface area (Å²) < 4.78 is 0.791. The minimum absolute atomic E-state index is 0.0740. The number of nitro groups is 1. The van der Waals surface area contributed by atoms with E-state index >= 15 is 0 Å². The van der Waals surface area contributed by atoms with Gasteiger partial charge in [-0.05, 0) is 41.4 Å². The Balaban J connectivity index is 2.41. The molecule has 2 rings (SSSR count). The van der Waals surface area contributed by atoms with Crippen molar-refractivity contribution in [2.75, 3.05) is 10.6 Å². The summed E-state index contributed by atoms with van der Waals surface area (Å²) >= 11 is 3.39. The van der Waals surface area contributed by atoms with Gasteiger partial charge in [-0.3, -0.25) is 10.1 Å². The second-order valence-electron chi connectivity index (χ2n) is 4.74. The first-order chi connectivity index (χ1) is 10.5. The minimum atomic E-state index is -0.482. The highest BCUT2D eigenvalue weighted by molar-refractivity contribution is 9.10. The van der Waals surface area contributed by atoms with Crippen molar-refractivity contribution < 1.29 is 4.92 Å². The first-order valence-electron chi connectivity index (χ1n) is 6.80. The third-order valence-corrected chi connectivity index (χ3v) is 3.82. The molecule has 0 saturated carbocycles. The standard InChI is InChI=1S/C14H16BrN5O2/c1-3-9(2)18-13-12(20(21)22)14(17-8-16-13)19-11-7-5-4-6-10(11)15/h4-9H,3H2,1-2H3,(H2,16,17,18,19). The van der Waals surface area contributed by atoms with Gasteiger partial charge in [0.15, 0.2) is 0 Å². The predicted molar refractivity (Wildman–Crippen MR) is 89.5 cm³/mol. The van der Waals surface area contributed by atoms with Gasteiger partial charge in [-0.1, -0.05) is 19.1 Å². The zero-order valence-electron chi connectivity index (χ0n) is 12.2. The molecule has 1 unspecified atom stereocenters. The van der Waals surface area contributed by atoms with Crippen LogP contribution in [0, 0.1) is 10.1 Å². The highest BCUT2D eigenvalue weighted by atomic mass is 79.9. The quantitative estimate of drug-likeness (QED) is 0.591. The fourth-order valence-electron chi connectivity index (χ4n) is 1.77. The lowest BCUT2D eigenvalue weighted by atomic mass is 10.2. The van der Waals surface area contributed by atoms with Crippen molar-refractivity contribution in [1.82, 2.24) is 9.97 Å². The van der Waals surface area contributed by atoms with Gasteiger partial charge in [0, 0.05) is 10.5 Å². The highest BCUT2D eigenvalue weighted by Crippen LogP contribution is 2.33. The largest absolute Gasteiger partial charge is 0.362 e. The Kier molecular flexibility index (Phi) is 5.26. The lowest BCUT2D eigenvalue weighted by Crippen LogP contribution is -2.16. The van der Waals surface area contributed by atoms with Gasteiger partial charge in [-0.25, -0.2) is 9.97 Å². The number of halogens is 1. The molecule has 2 N–H and O–H groups in total. The van der Waals surface area contributed by atoms with Crippen molar-refractivity contribution in [2.45, 2.75) is 26.3 Å². The molecule has 0 amide bonds. The number of rotatable bonds is 6. The van der Waals surface area contributed by atoms with Crippen molar-refractivity contribution in [3.8, 4) is 0 Å². The smallest absolute Gasteiger partial charge is 0.353 e. The maximum atomic E-state index is 11.4. The minimum Gasteiger partial charge on any atom is -0.362 e. The third-order valence-electron chi connectivity index (χ3n) is 3.13. The monoisotopic (exact) mass is 365 g/mol. The molecule has 0 fully saturated rings. The lowest BCUT2D eigenvalue weighted by molar-refractivity contribution is -0.383. The molecule has 0 aliphatic rings. The number of nitrogens with one attached hydrogen (secondary N) is 2. The van der Waals surface area contributed by atoms with E-state index in [9.17, 15) is 10.1 Å². The van der Waals surface area contributed by atoms with Crippen LogP contribution in [0.25, 0.3) is 0 Å². The van der Waals surface area contributed by atoms with Crippen LogP contribution in [-0.4, -0.2) is 20.9 Å². The Morgan fingerprint density at radius 2 is 2.00 bits per heavy atom. The highest BCUT2D eigenvalue weighted by Gasteiger charge is 2.24. The van der Waals surface area contributed by atoms with Crippen LogP contribution in [0.1, 0.15) is 20.3 Å². The van der Waals surface area contributed by atoms with E-state index in [2.05, 4.69) is 36.5 Å². The number of anilines is 3. The Bertz CT molecular complexity index is 680. The van der Waals surface area contributed by atoms with Crippen LogP contribution < -0.4 is 10.6 Å². The summed E-state index contributed by atoms with van der Waals surface area (Å²) in [6, 6.07) is 7.41. The zero-order chi connectivity index (χ0) is 16.1. The SMILES string of the molecule is CCC(C)Nc1ncnc(Nc2ccccc2Br)c1[N+](=O)[O-]. The van der Waals surface area contributed by atoms with Crippen LogP contribution in [-0.2, 0) is 0 Å². The Morgan fingerprint density at radius 3 is 2.64 bits per heavy atom. The van der Waals surface area contributed by atoms with Gasteiger partial charge in [0.1, 0.15) is 6.33 Å². The summed E-state index contributed by atoms with van der Waals surface area (Å²) in [5.41, 5.74) is 0.525. The number of hydrogen-bond acceptors (Lipinski definition) is 6. The van der Waals surface area contributed by atoms with Gasteiger partial charge in [-0.2, -0.15) is 0 Å². The number of benzene rings is 1. The summed E-state index contributed by atoms with van der Waals surface area (Å²) in [5, 5.41) is 17.4. The molecule has 0 radical (unpaired) electrons. The molecule has 1 atom stereocenters. The summed E-state index contributed by atoms with van der Waals surface area (Å²) in [4.78, 5) is 18.9. The molecule has 0 aliphatic heterocycles. The molecule has 0 bridgehead atoms. The number of nitrogens with zero attached hydrogens (tertiary/aromatic N) is 3. The fourth-order valence-corrected chi connectivity index (χ4v) is 2.16. The number of para-hydroxylation sites is 1. The van der Waals surface area contributed by atoms with Crippen LogP contribution in [0.5, 0.6) is 0 Å². The summed E-state index contributed by atoms with van der Waals surface area (Å²) in [5.74, 6) is 0.363. The summed E-state index contributed by atoms with van der Waals surface area (Å²) in [6.45, 7) is 3.93. The molecule has 1 heterocycles. The van der Waals surface area contributed by atoms with E-state index in [1.54, 1.807) is 6.07 Å². The van der Waals surface area contributed by atoms with E-state index in [-0.39, 0.29) is 23.4 Å². The van der Waals surface area contributed by atoms with Gasteiger partial charge in [0.25, 0.3) is 0 Å². The van der Waals surface area contributed by atoms with Gasteiger partial charge in [0.05, 0.1) is 10.6 Å². The van der Waals surface area contributed by atoms with Crippen molar-refractivity contribution >= 4 is 38.9 Å². The summed E-state index contributed by atoms with van der Waals surface area (Å²) in [6.07, 6.45) is 2.13. The van der Waals surface area contributed by atoms with Gasteiger partial charge in [-0.15, -0.1) is 0 Å². The maximum absolute atomic E-state index is 11.4. The molecular weight excluding hydrogens is 350 g/mol. The van der Waals surface area contributed by atoms with Gasteiger partial charge >= 0.3 is 5.69 Å². The van der Waals surface area contributed by atoms with Crippen LogP contribution in [0.2, 0.25) is 0 Å². The summed E-state index contributed by atoms with van der Waals surface area (Å²) in [7, 11) is 0. The molecule has 1 aromatic heterocycles. The molecule has 22 heavy (non-hydrogen) atoms. The number of hydrogen-bond donors (Lipinski definition) is 2. The fraction of sp³-hybridized carbons (Fsp3) is 0.286. The molecule has 8 heteroatoms. The van der Waals surface area contributed by atoms with Crippen molar-refractivity contribution in [1.29, 1.82) is 0 Å². The molecule has 0 saturated heterocycles. The van der Waals surface area contributed by atoms with E-state index in [0.29, 0.717) is 5.69 Å². The van der Waals surface area contributed by atoms with E-state index in [1.807, 2.05) is 32.0 Å². The molecule has 0 spiro atoms. The Morgan fingerprint density at radius 1 is 1.32 bits per heavy atom. The maximum Gasteiger partial charge on any atom is 0.353 e. The molecular formula is C14H16BrN5O2. The van der Waals surface area contributed by atoms with Crippen LogP contribution in [0.3, 0.4) is 0 Å². The normalized spacial score (nSPS) is 11.8. The lowest BCUT2D eigenvalue weighted by Gasteiger charge is -2.14. The van der Waals surface area contributed by atoms with Crippen LogP contribution in [0.15, 0.2) is 35.1 Å². The molecule has 116 valence electrons. The van der Waals surface area contributed by atoms with E-state index < -0.39 is 4.92 Å². The van der Waals surface area contributed by atoms with Crippen molar-refractivity contribution in [3.05, 3.63) is 45.2 Å².